The number of likely N-dealkylation sites (tertiary alicyclic amines) is 1. The molecule has 1 fully saturated rings. The summed E-state index contributed by atoms with van der Waals surface area (Å²) < 4.78 is 42.1. The highest BCUT2D eigenvalue weighted by Gasteiger charge is 2.36. The minimum absolute atomic E-state index is 0.157. The van der Waals surface area contributed by atoms with Gasteiger partial charge in [-0.15, -0.1) is 0 Å². The van der Waals surface area contributed by atoms with Gasteiger partial charge >= 0.3 is 6.18 Å². The smallest absolute Gasteiger partial charge is 0.350 e. The summed E-state index contributed by atoms with van der Waals surface area (Å²) in [6.45, 7) is 3.85. The summed E-state index contributed by atoms with van der Waals surface area (Å²) in [7, 11) is 0. The Balaban J connectivity index is 1.61. The predicted molar refractivity (Wildman–Crippen MR) is 144 cm³/mol. The summed E-state index contributed by atoms with van der Waals surface area (Å²) >= 11 is 4.71. The molecule has 1 unspecified atom stereocenters. The topological polar surface area (TPSA) is 45.2 Å². The Morgan fingerprint density at radius 1 is 1.17 bits per heavy atom. The molecule has 1 aromatic carbocycles. The van der Waals surface area contributed by atoms with Gasteiger partial charge in [0.1, 0.15) is 5.15 Å². The van der Waals surface area contributed by atoms with Gasteiger partial charge in [-0.2, -0.15) is 13.2 Å². The van der Waals surface area contributed by atoms with Gasteiger partial charge in [0.25, 0.3) is 5.91 Å². The summed E-state index contributed by atoms with van der Waals surface area (Å²) in [4.78, 5) is 19.8. The monoisotopic (exact) mass is 617 g/mol. The van der Waals surface area contributed by atoms with Crippen LogP contribution in [0.4, 0.5) is 13.2 Å². The molecule has 2 aromatic rings. The van der Waals surface area contributed by atoms with Gasteiger partial charge in [-0.25, -0.2) is 4.98 Å². The Morgan fingerprint density at radius 2 is 1.91 bits per heavy atom. The van der Waals surface area contributed by atoms with Crippen LogP contribution in [0.15, 0.2) is 51.1 Å². The number of halogens is 5. The molecule has 0 aliphatic carbocycles. The van der Waals surface area contributed by atoms with Crippen molar-refractivity contribution in [2.24, 2.45) is 0 Å². The Labute approximate surface area is 218 Å². The van der Waals surface area contributed by atoms with E-state index in [2.05, 4.69) is 15.2 Å². The molecule has 1 N–H and O–H groups in total. The van der Waals surface area contributed by atoms with Crippen LogP contribution in [0.25, 0.3) is 10.9 Å². The molecular formula is C26H28ClF3IN3O. The number of alkyl halides is 3. The van der Waals surface area contributed by atoms with Crippen molar-refractivity contribution < 1.29 is 18.0 Å². The molecule has 0 bridgehead atoms. The normalized spacial score (nSPS) is 18.6. The first-order valence-corrected chi connectivity index (χ1v) is 14.5. The Bertz CT molecular complexity index is 1180. The van der Waals surface area contributed by atoms with E-state index in [0.29, 0.717) is 40.2 Å². The fourth-order valence-corrected chi connectivity index (χ4v) is 7.34. The molecule has 35 heavy (non-hydrogen) atoms. The van der Waals surface area contributed by atoms with Crippen molar-refractivity contribution in [3.05, 3.63) is 61.9 Å². The fourth-order valence-electron chi connectivity index (χ4n) is 4.63. The number of carbonyl (C=O) groups excluding carboxylic acids is 1. The van der Waals surface area contributed by atoms with E-state index in [9.17, 15) is 18.0 Å². The van der Waals surface area contributed by atoms with Gasteiger partial charge < -0.3 is 5.32 Å². The summed E-state index contributed by atoms with van der Waals surface area (Å²) in [5.41, 5.74) is 2.42. The third-order valence-corrected chi connectivity index (χ3v) is 9.58. The number of benzene rings is 1. The van der Waals surface area contributed by atoms with E-state index >= 15 is 0 Å². The lowest BCUT2D eigenvalue weighted by atomic mass is 10.0. The van der Waals surface area contributed by atoms with Gasteiger partial charge in [-0.1, -0.05) is 64.2 Å². The molecular weight excluding hydrogens is 590 g/mol. The Morgan fingerprint density at radius 3 is 2.60 bits per heavy atom. The highest BCUT2D eigenvalue weighted by molar-refractivity contribution is 14.2. The number of rotatable bonds is 6. The van der Waals surface area contributed by atoms with E-state index in [0.717, 1.165) is 44.3 Å². The molecule has 1 amide bonds. The fraction of sp³-hybridized carbons (Fsp3) is 0.423. The van der Waals surface area contributed by atoms with Crippen LogP contribution >= 0.6 is 32.3 Å². The van der Waals surface area contributed by atoms with Crippen LogP contribution < -0.4 is 5.32 Å². The Hall–Kier alpha value is -1.78. The van der Waals surface area contributed by atoms with Gasteiger partial charge in [0.2, 0.25) is 0 Å². The van der Waals surface area contributed by atoms with Crippen molar-refractivity contribution in [3.63, 3.8) is 0 Å². The number of amides is 1. The number of aromatic nitrogens is 1. The second kappa shape index (κ2) is 11.5. The van der Waals surface area contributed by atoms with Crippen LogP contribution in [0.3, 0.4) is 0 Å². The standard InChI is InChI=1S/C26H28ClF3IN3O/c1-2-17-14-18(15-31-24(17)26(28,29)30)22(34-12-5-3-4-6-13-34)16-32-25(35)20-8-7-9-21-19(20)10-11-23(27)33-21/h7-11,14-15,22H,2-6,12-13,16H2,1H3,(H,32,35). The molecule has 3 heterocycles. The van der Waals surface area contributed by atoms with Gasteiger partial charge in [-0.05, 0) is 71.8 Å². The van der Waals surface area contributed by atoms with Crippen molar-refractivity contribution in [1.29, 1.82) is 0 Å². The maximum Gasteiger partial charge on any atom is 0.421 e. The van der Waals surface area contributed by atoms with Gasteiger partial charge in [0.05, 0.1) is 15.1 Å². The minimum atomic E-state index is -4.28. The van der Waals surface area contributed by atoms with E-state index in [4.69, 9.17) is 11.6 Å². The molecule has 4 rings (SSSR count). The number of fused-ring (bicyclic) bond motifs is 1. The first-order chi connectivity index (χ1) is 16.8. The molecule has 1 aromatic heterocycles. The summed E-state index contributed by atoms with van der Waals surface area (Å²) in [5.74, 6) is -0.229. The lowest BCUT2D eigenvalue weighted by Crippen LogP contribution is -2.46. The lowest BCUT2D eigenvalue weighted by Gasteiger charge is -2.33. The first kappa shape index (κ1) is 26.3. The SMILES string of the molecule is CCC1=C(C(F)(F)F)I=CC(C(CNC(=O)c2cccc3nc(Cl)ccc23)N2CCCCCC2)=C1. The summed E-state index contributed by atoms with van der Waals surface area (Å²) in [6, 6.07) is 8.61. The molecule has 0 spiro atoms. The zero-order chi connectivity index (χ0) is 25.0. The number of carbonyl (C=O) groups is 1. The Kier molecular flexibility index (Phi) is 8.65. The van der Waals surface area contributed by atoms with Crippen LogP contribution in [-0.4, -0.2) is 51.7 Å². The quantitative estimate of drug-likeness (QED) is 0.287. The van der Waals surface area contributed by atoms with Crippen molar-refractivity contribution in [2.75, 3.05) is 19.6 Å². The highest BCUT2D eigenvalue weighted by Crippen LogP contribution is 2.41. The zero-order valence-corrected chi connectivity index (χ0v) is 22.4. The zero-order valence-electron chi connectivity index (χ0n) is 19.5. The van der Waals surface area contributed by atoms with Crippen molar-refractivity contribution in [2.45, 2.75) is 51.2 Å². The second-order valence-electron chi connectivity index (χ2n) is 8.74. The molecule has 2 aliphatic rings. The number of hydrogen-bond acceptors (Lipinski definition) is 3. The van der Waals surface area contributed by atoms with Gasteiger partial charge in [0, 0.05) is 17.5 Å². The number of allylic oxidation sites excluding steroid dienone is 3. The minimum Gasteiger partial charge on any atom is -0.350 e. The number of hydrogen-bond donors (Lipinski definition) is 1. The van der Waals surface area contributed by atoms with E-state index in [1.165, 1.54) is 0 Å². The molecule has 188 valence electrons. The van der Waals surface area contributed by atoms with E-state index < -0.39 is 26.9 Å². The third-order valence-electron chi connectivity index (χ3n) is 6.41. The maximum absolute atomic E-state index is 13.5. The molecule has 0 radical (unpaired) electrons. The van der Waals surface area contributed by atoms with Crippen molar-refractivity contribution >= 4 is 53.2 Å². The largest absolute Gasteiger partial charge is 0.421 e. The number of nitrogens with one attached hydrogen (secondary N) is 1. The van der Waals surface area contributed by atoms with Crippen molar-refractivity contribution in [1.82, 2.24) is 15.2 Å². The lowest BCUT2D eigenvalue weighted by molar-refractivity contribution is -0.0824. The number of pyridine rings is 1. The molecule has 0 saturated carbocycles. The molecule has 2 aliphatic heterocycles. The summed E-state index contributed by atoms with van der Waals surface area (Å²) in [5, 5.41) is 4.13. The van der Waals surface area contributed by atoms with Gasteiger partial charge in [0.15, 0.2) is 0 Å². The average molecular weight is 618 g/mol. The van der Waals surface area contributed by atoms with Gasteiger partial charge in [-0.3, -0.25) is 9.69 Å². The number of nitrogens with zero attached hydrogens (tertiary/aromatic N) is 2. The third kappa shape index (κ3) is 6.32. The van der Waals surface area contributed by atoms with Crippen LogP contribution in [0.2, 0.25) is 5.15 Å². The average Bonchev–Trinajstić information content (AvgIpc) is 3.12. The molecule has 4 nitrogen and oxygen atoms in total. The van der Waals surface area contributed by atoms with Crippen LogP contribution in [0, 0.1) is 0 Å². The predicted octanol–water partition coefficient (Wildman–Crippen LogP) is 6.80. The molecule has 9 heteroatoms. The van der Waals surface area contributed by atoms with Crippen molar-refractivity contribution in [3.8, 4) is 0 Å². The van der Waals surface area contributed by atoms with E-state index in [1.807, 2.05) is 0 Å². The molecule has 1 atom stereocenters. The van der Waals surface area contributed by atoms with Crippen LogP contribution in [-0.2, 0) is 0 Å². The van der Waals surface area contributed by atoms with Crippen LogP contribution in [0.5, 0.6) is 0 Å². The highest BCUT2D eigenvalue weighted by atomic mass is 127. The molecule has 1 saturated heterocycles. The van der Waals surface area contributed by atoms with E-state index in [1.54, 1.807) is 47.3 Å². The first-order valence-electron chi connectivity index (χ1n) is 11.8. The second-order valence-corrected chi connectivity index (χ2v) is 11.4. The van der Waals surface area contributed by atoms with Crippen LogP contribution in [0.1, 0.15) is 49.4 Å². The summed E-state index contributed by atoms with van der Waals surface area (Å²) in [6.07, 6.45) is 2.17. The maximum atomic E-state index is 13.5. The van der Waals surface area contributed by atoms with E-state index in [-0.39, 0.29) is 15.5 Å².